The van der Waals surface area contributed by atoms with Gasteiger partial charge >= 0.3 is 0 Å². The normalized spacial score (nSPS) is 10.6. The minimum absolute atomic E-state index is 0.0425. The molecule has 0 unspecified atom stereocenters. The van der Waals surface area contributed by atoms with Gasteiger partial charge in [-0.1, -0.05) is 37.3 Å². The summed E-state index contributed by atoms with van der Waals surface area (Å²) < 4.78 is 0. The summed E-state index contributed by atoms with van der Waals surface area (Å²) >= 11 is 1.45. The number of nitrogens with zero attached hydrogens (tertiary/aromatic N) is 2. The van der Waals surface area contributed by atoms with Crippen LogP contribution in [0.2, 0.25) is 0 Å². The lowest BCUT2D eigenvalue weighted by Gasteiger charge is -2.21. The van der Waals surface area contributed by atoms with Gasteiger partial charge in [-0.05, 0) is 18.4 Å². The Kier molecular flexibility index (Phi) is 5.90. The van der Waals surface area contributed by atoms with Crippen molar-refractivity contribution in [2.75, 3.05) is 13.2 Å². The third kappa shape index (κ3) is 4.37. The van der Waals surface area contributed by atoms with E-state index in [1.807, 2.05) is 30.3 Å². The second-order valence-corrected chi connectivity index (χ2v) is 5.92. The summed E-state index contributed by atoms with van der Waals surface area (Å²) in [4.78, 5) is 19.1. The summed E-state index contributed by atoms with van der Waals surface area (Å²) in [5, 5.41) is 10.2. The zero-order chi connectivity index (χ0) is 15.1. The maximum absolute atomic E-state index is 12.5. The molecule has 0 aliphatic carbocycles. The molecule has 0 fully saturated rings. The Morgan fingerprint density at radius 3 is 2.76 bits per heavy atom. The number of aryl methyl sites for hydroxylation is 1. The molecule has 112 valence electrons. The molecule has 0 saturated heterocycles. The molecule has 21 heavy (non-hydrogen) atoms. The van der Waals surface area contributed by atoms with Crippen molar-refractivity contribution >= 4 is 17.2 Å². The van der Waals surface area contributed by atoms with Crippen LogP contribution in [-0.2, 0) is 13.0 Å². The van der Waals surface area contributed by atoms with E-state index in [1.165, 1.54) is 11.3 Å². The van der Waals surface area contributed by atoms with Gasteiger partial charge in [-0.3, -0.25) is 4.79 Å². The highest BCUT2D eigenvalue weighted by atomic mass is 32.1. The number of rotatable bonds is 7. The molecule has 0 spiro atoms. The maximum Gasteiger partial charge on any atom is 0.265 e. The third-order valence-electron chi connectivity index (χ3n) is 3.10. The Hall–Kier alpha value is -1.72. The van der Waals surface area contributed by atoms with Crippen molar-refractivity contribution in [1.29, 1.82) is 0 Å². The van der Waals surface area contributed by atoms with Crippen molar-refractivity contribution in [2.24, 2.45) is 0 Å². The van der Waals surface area contributed by atoms with Crippen molar-refractivity contribution in [2.45, 2.75) is 26.3 Å². The van der Waals surface area contributed by atoms with E-state index in [0.29, 0.717) is 18.0 Å². The first-order chi connectivity index (χ1) is 10.2. The van der Waals surface area contributed by atoms with Gasteiger partial charge in [0.1, 0.15) is 4.88 Å². The van der Waals surface area contributed by atoms with E-state index in [9.17, 15) is 9.90 Å². The van der Waals surface area contributed by atoms with Crippen molar-refractivity contribution < 1.29 is 9.90 Å². The van der Waals surface area contributed by atoms with Crippen LogP contribution in [0.25, 0.3) is 0 Å². The lowest BCUT2D eigenvalue weighted by Crippen LogP contribution is -2.32. The van der Waals surface area contributed by atoms with Gasteiger partial charge in [0, 0.05) is 13.1 Å². The summed E-state index contributed by atoms with van der Waals surface area (Å²) in [6.45, 7) is 2.88. The fourth-order valence-corrected chi connectivity index (χ4v) is 3.06. The number of hydrogen-bond donors (Lipinski definition) is 1. The SMILES string of the molecule is CCCc1ncc(C(=O)N(CCO)Cc2ccccc2)s1. The van der Waals surface area contributed by atoms with E-state index in [-0.39, 0.29) is 12.5 Å². The highest BCUT2D eigenvalue weighted by molar-refractivity contribution is 7.13. The molecule has 0 aliphatic rings. The van der Waals surface area contributed by atoms with E-state index in [1.54, 1.807) is 11.1 Å². The van der Waals surface area contributed by atoms with E-state index in [2.05, 4.69) is 11.9 Å². The maximum atomic E-state index is 12.5. The molecule has 1 amide bonds. The van der Waals surface area contributed by atoms with Crippen LogP contribution in [0, 0.1) is 0 Å². The number of benzene rings is 1. The molecule has 0 radical (unpaired) electrons. The first-order valence-electron chi connectivity index (χ1n) is 7.13. The van der Waals surface area contributed by atoms with Crippen LogP contribution in [-0.4, -0.2) is 34.0 Å². The van der Waals surface area contributed by atoms with Gasteiger partial charge in [-0.25, -0.2) is 4.98 Å². The molecular formula is C16H20N2O2S. The Morgan fingerprint density at radius 2 is 2.10 bits per heavy atom. The third-order valence-corrected chi connectivity index (χ3v) is 4.15. The molecule has 0 saturated carbocycles. The molecule has 0 bridgehead atoms. The molecule has 0 aliphatic heterocycles. The van der Waals surface area contributed by atoms with Crippen LogP contribution in [0.3, 0.4) is 0 Å². The average molecular weight is 304 g/mol. The summed E-state index contributed by atoms with van der Waals surface area (Å²) in [6, 6.07) is 9.80. The highest BCUT2D eigenvalue weighted by Gasteiger charge is 2.18. The smallest absolute Gasteiger partial charge is 0.265 e. The van der Waals surface area contributed by atoms with E-state index >= 15 is 0 Å². The quantitative estimate of drug-likeness (QED) is 0.855. The Bertz CT molecular complexity index is 569. The fraction of sp³-hybridized carbons (Fsp3) is 0.375. The molecule has 1 aromatic carbocycles. The number of amides is 1. The van der Waals surface area contributed by atoms with Crippen molar-refractivity contribution in [3.8, 4) is 0 Å². The van der Waals surface area contributed by atoms with Crippen molar-refractivity contribution in [3.05, 3.63) is 52.0 Å². The van der Waals surface area contributed by atoms with Crippen LogP contribution in [0.4, 0.5) is 0 Å². The van der Waals surface area contributed by atoms with Gasteiger partial charge in [0.15, 0.2) is 0 Å². The van der Waals surface area contributed by atoms with Crippen LogP contribution in [0.1, 0.15) is 33.6 Å². The van der Waals surface area contributed by atoms with Crippen LogP contribution in [0.5, 0.6) is 0 Å². The van der Waals surface area contributed by atoms with Crippen molar-refractivity contribution in [3.63, 3.8) is 0 Å². The fourth-order valence-electron chi connectivity index (χ4n) is 2.07. The molecule has 1 N–H and O–H groups in total. The topological polar surface area (TPSA) is 53.4 Å². The second-order valence-electron chi connectivity index (χ2n) is 4.80. The molecule has 4 nitrogen and oxygen atoms in total. The monoisotopic (exact) mass is 304 g/mol. The number of carbonyl (C=O) groups is 1. The zero-order valence-electron chi connectivity index (χ0n) is 12.2. The summed E-state index contributed by atoms with van der Waals surface area (Å²) in [6.07, 6.45) is 3.56. The largest absolute Gasteiger partial charge is 0.395 e. The summed E-state index contributed by atoms with van der Waals surface area (Å²) in [5.41, 5.74) is 1.05. The van der Waals surface area contributed by atoms with E-state index in [0.717, 1.165) is 23.4 Å². The average Bonchev–Trinajstić information content (AvgIpc) is 2.96. The highest BCUT2D eigenvalue weighted by Crippen LogP contribution is 2.18. The Morgan fingerprint density at radius 1 is 1.33 bits per heavy atom. The van der Waals surface area contributed by atoms with Gasteiger partial charge in [-0.2, -0.15) is 0 Å². The van der Waals surface area contributed by atoms with Gasteiger partial charge in [0.2, 0.25) is 0 Å². The molecule has 2 aromatic rings. The van der Waals surface area contributed by atoms with Gasteiger partial charge in [-0.15, -0.1) is 11.3 Å². The molecule has 0 atom stereocenters. The summed E-state index contributed by atoms with van der Waals surface area (Å²) in [7, 11) is 0. The first kappa shape index (κ1) is 15.7. The predicted octanol–water partition coefficient (Wildman–Crippen LogP) is 2.73. The number of thiazole rings is 1. The zero-order valence-corrected chi connectivity index (χ0v) is 13.0. The minimum atomic E-state index is -0.0623. The second kappa shape index (κ2) is 7.90. The number of aromatic nitrogens is 1. The van der Waals surface area contributed by atoms with Crippen molar-refractivity contribution in [1.82, 2.24) is 9.88 Å². The van der Waals surface area contributed by atoms with Gasteiger partial charge < -0.3 is 10.0 Å². The Balaban J connectivity index is 2.10. The van der Waals surface area contributed by atoms with E-state index < -0.39 is 0 Å². The standard InChI is InChI=1S/C16H20N2O2S/c1-2-6-15-17-11-14(21-15)16(20)18(9-10-19)12-13-7-4-3-5-8-13/h3-5,7-8,11,19H,2,6,9-10,12H2,1H3. The summed E-state index contributed by atoms with van der Waals surface area (Å²) in [5.74, 6) is -0.0623. The molecular weight excluding hydrogens is 284 g/mol. The lowest BCUT2D eigenvalue weighted by atomic mass is 10.2. The van der Waals surface area contributed by atoms with Gasteiger partial charge in [0.25, 0.3) is 5.91 Å². The van der Waals surface area contributed by atoms with Crippen LogP contribution < -0.4 is 0 Å². The number of hydrogen-bond acceptors (Lipinski definition) is 4. The lowest BCUT2D eigenvalue weighted by molar-refractivity contribution is 0.0712. The van der Waals surface area contributed by atoms with Gasteiger partial charge in [0.05, 0.1) is 17.8 Å². The number of carbonyl (C=O) groups excluding carboxylic acids is 1. The minimum Gasteiger partial charge on any atom is -0.395 e. The predicted molar refractivity (Wildman–Crippen MR) is 84.4 cm³/mol. The number of aliphatic hydroxyl groups excluding tert-OH is 1. The van der Waals surface area contributed by atoms with E-state index in [4.69, 9.17) is 0 Å². The molecule has 5 heteroatoms. The molecule has 1 aromatic heterocycles. The first-order valence-corrected chi connectivity index (χ1v) is 7.95. The molecule has 2 rings (SSSR count). The molecule has 1 heterocycles. The Labute approximate surface area is 129 Å². The van der Waals surface area contributed by atoms with Crippen LogP contribution >= 0.6 is 11.3 Å². The number of aliphatic hydroxyl groups is 1. The van der Waals surface area contributed by atoms with Crippen LogP contribution in [0.15, 0.2) is 36.5 Å².